The Labute approximate surface area is 84.1 Å². The van der Waals surface area contributed by atoms with Crippen LogP contribution in [-0.2, 0) is 0 Å². The molecule has 1 aromatic carbocycles. The summed E-state index contributed by atoms with van der Waals surface area (Å²) in [6.45, 7) is 0. The lowest BCUT2D eigenvalue weighted by atomic mass is 10.0. The number of methoxy groups -OCH3 is 1. The largest absolute Gasteiger partial charge is 0.497 e. The molecule has 2 N–H and O–H groups in total. The molecule has 3 heteroatoms. The van der Waals surface area contributed by atoms with Crippen LogP contribution in [0.15, 0.2) is 24.3 Å². The minimum absolute atomic E-state index is 0.0550. The summed E-state index contributed by atoms with van der Waals surface area (Å²) in [6.07, 6.45) is 1.19. The van der Waals surface area contributed by atoms with Crippen molar-refractivity contribution >= 4 is 0 Å². The summed E-state index contributed by atoms with van der Waals surface area (Å²) in [7, 11) is 1.63. The minimum atomic E-state index is -0.0550. The van der Waals surface area contributed by atoms with E-state index in [-0.39, 0.29) is 6.04 Å². The van der Waals surface area contributed by atoms with E-state index >= 15 is 0 Å². The smallest absolute Gasteiger partial charge is 0.118 e. The second-order valence-corrected chi connectivity index (χ2v) is 3.08. The lowest BCUT2D eigenvalue weighted by molar-refractivity contribution is 0.414. The van der Waals surface area contributed by atoms with Gasteiger partial charge in [0.05, 0.1) is 13.2 Å². The van der Waals surface area contributed by atoms with E-state index in [2.05, 4.69) is 6.07 Å². The second kappa shape index (κ2) is 5.25. The zero-order chi connectivity index (χ0) is 10.4. The molecule has 0 heterocycles. The van der Waals surface area contributed by atoms with Crippen LogP contribution in [0.4, 0.5) is 0 Å². The first kappa shape index (κ1) is 10.6. The lowest BCUT2D eigenvalue weighted by Crippen LogP contribution is -2.09. The van der Waals surface area contributed by atoms with Gasteiger partial charge in [-0.3, -0.25) is 0 Å². The summed E-state index contributed by atoms with van der Waals surface area (Å²) in [5.41, 5.74) is 6.92. The van der Waals surface area contributed by atoms with Crippen molar-refractivity contribution in [1.82, 2.24) is 0 Å². The number of nitrogens with two attached hydrogens (primary N) is 1. The van der Waals surface area contributed by atoms with E-state index in [0.29, 0.717) is 12.8 Å². The van der Waals surface area contributed by atoms with E-state index in [1.165, 1.54) is 0 Å². The van der Waals surface area contributed by atoms with Crippen LogP contribution in [0.3, 0.4) is 0 Å². The highest BCUT2D eigenvalue weighted by Gasteiger charge is 2.04. The predicted molar refractivity (Wildman–Crippen MR) is 54.8 cm³/mol. The maximum absolute atomic E-state index is 8.42. The molecule has 0 saturated carbocycles. The molecule has 0 amide bonds. The van der Waals surface area contributed by atoms with E-state index in [1.807, 2.05) is 24.3 Å². The van der Waals surface area contributed by atoms with Crippen LogP contribution < -0.4 is 10.5 Å². The van der Waals surface area contributed by atoms with Gasteiger partial charge in [-0.2, -0.15) is 5.26 Å². The van der Waals surface area contributed by atoms with Crippen molar-refractivity contribution in [3.8, 4) is 11.8 Å². The number of hydrogen-bond acceptors (Lipinski definition) is 3. The van der Waals surface area contributed by atoms with Gasteiger partial charge >= 0.3 is 0 Å². The standard InChI is InChI=1S/C11H14N2O/c1-14-10-6-4-9(5-7-10)11(13)3-2-8-12/h4-7,11H,2-3,13H2,1H3. The van der Waals surface area contributed by atoms with Crippen molar-refractivity contribution in [2.24, 2.45) is 5.73 Å². The Hall–Kier alpha value is -1.53. The molecule has 0 fully saturated rings. The highest BCUT2D eigenvalue weighted by Crippen LogP contribution is 2.18. The Bertz CT molecular complexity index is 313. The average molecular weight is 190 g/mol. The Morgan fingerprint density at radius 1 is 1.43 bits per heavy atom. The molecule has 1 unspecified atom stereocenters. The highest BCUT2D eigenvalue weighted by atomic mass is 16.5. The third-order valence-corrected chi connectivity index (χ3v) is 2.11. The molecule has 1 aromatic rings. The Morgan fingerprint density at radius 3 is 2.57 bits per heavy atom. The van der Waals surface area contributed by atoms with Crippen LogP contribution in [0.1, 0.15) is 24.4 Å². The van der Waals surface area contributed by atoms with E-state index in [1.54, 1.807) is 7.11 Å². The third kappa shape index (κ3) is 2.75. The van der Waals surface area contributed by atoms with Gasteiger partial charge in [-0.25, -0.2) is 0 Å². The molecule has 1 atom stereocenters. The average Bonchev–Trinajstić information content (AvgIpc) is 2.26. The zero-order valence-corrected chi connectivity index (χ0v) is 8.23. The third-order valence-electron chi connectivity index (χ3n) is 2.11. The van der Waals surface area contributed by atoms with Gasteiger partial charge in [0.2, 0.25) is 0 Å². The SMILES string of the molecule is COc1ccc(C(N)CCC#N)cc1. The number of hydrogen-bond donors (Lipinski definition) is 1. The summed E-state index contributed by atoms with van der Waals surface area (Å²) in [4.78, 5) is 0. The van der Waals surface area contributed by atoms with Gasteiger partial charge in [0, 0.05) is 12.5 Å². The molecule has 3 nitrogen and oxygen atoms in total. The van der Waals surface area contributed by atoms with Crippen LogP contribution in [0.2, 0.25) is 0 Å². The van der Waals surface area contributed by atoms with Gasteiger partial charge in [-0.15, -0.1) is 0 Å². The first-order chi connectivity index (χ1) is 6.77. The summed E-state index contributed by atoms with van der Waals surface area (Å²) in [5, 5.41) is 8.42. The molecule has 0 aliphatic heterocycles. The maximum atomic E-state index is 8.42. The molecule has 0 spiro atoms. The summed E-state index contributed by atoms with van der Waals surface area (Å²) in [5.74, 6) is 0.821. The lowest BCUT2D eigenvalue weighted by Gasteiger charge is -2.10. The highest BCUT2D eigenvalue weighted by molar-refractivity contribution is 5.28. The molecule has 0 saturated heterocycles. The fourth-order valence-corrected chi connectivity index (χ4v) is 1.24. The Morgan fingerprint density at radius 2 is 2.07 bits per heavy atom. The summed E-state index contributed by atoms with van der Waals surface area (Å²) < 4.78 is 5.04. The number of nitrogens with zero attached hydrogens (tertiary/aromatic N) is 1. The van der Waals surface area contributed by atoms with Crippen molar-refractivity contribution in [1.29, 1.82) is 5.26 Å². The number of nitriles is 1. The van der Waals surface area contributed by atoms with Crippen LogP contribution in [-0.4, -0.2) is 7.11 Å². The first-order valence-corrected chi connectivity index (χ1v) is 4.54. The number of rotatable bonds is 4. The van der Waals surface area contributed by atoms with Crippen LogP contribution in [0, 0.1) is 11.3 Å². The van der Waals surface area contributed by atoms with Crippen molar-refractivity contribution in [3.63, 3.8) is 0 Å². The summed E-state index contributed by atoms with van der Waals surface area (Å²) >= 11 is 0. The van der Waals surface area contributed by atoms with E-state index in [4.69, 9.17) is 15.7 Å². The minimum Gasteiger partial charge on any atom is -0.497 e. The van der Waals surface area contributed by atoms with Gasteiger partial charge < -0.3 is 10.5 Å². The molecule has 0 bridgehead atoms. The van der Waals surface area contributed by atoms with E-state index in [9.17, 15) is 0 Å². The van der Waals surface area contributed by atoms with Gasteiger partial charge in [-0.05, 0) is 24.1 Å². The molecule has 0 radical (unpaired) electrons. The molecule has 0 aromatic heterocycles. The Kier molecular flexibility index (Phi) is 3.96. The van der Waals surface area contributed by atoms with Gasteiger partial charge in [0.1, 0.15) is 5.75 Å². The number of ether oxygens (including phenoxy) is 1. The monoisotopic (exact) mass is 190 g/mol. The molecule has 1 rings (SSSR count). The zero-order valence-electron chi connectivity index (χ0n) is 8.23. The second-order valence-electron chi connectivity index (χ2n) is 3.08. The fourth-order valence-electron chi connectivity index (χ4n) is 1.24. The molecule has 14 heavy (non-hydrogen) atoms. The predicted octanol–water partition coefficient (Wildman–Crippen LogP) is 2.00. The normalized spacial score (nSPS) is 11.8. The maximum Gasteiger partial charge on any atom is 0.118 e. The molecule has 0 aliphatic rings. The van der Waals surface area contributed by atoms with Crippen molar-refractivity contribution in [2.45, 2.75) is 18.9 Å². The van der Waals surface area contributed by atoms with Crippen molar-refractivity contribution in [2.75, 3.05) is 7.11 Å². The molecular weight excluding hydrogens is 176 g/mol. The molecule has 0 aliphatic carbocycles. The van der Waals surface area contributed by atoms with Crippen molar-refractivity contribution in [3.05, 3.63) is 29.8 Å². The topological polar surface area (TPSA) is 59.0 Å². The van der Waals surface area contributed by atoms with Crippen LogP contribution in [0.5, 0.6) is 5.75 Å². The van der Waals surface area contributed by atoms with Gasteiger partial charge in [0.15, 0.2) is 0 Å². The van der Waals surface area contributed by atoms with E-state index < -0.39 is 0 Å². The van der Waals surface area contributed by atoms with Crippen LogP contribution >= 0.6 is 0 Å². The molecule has 74 valence electrons. The van der Waals surface area contributed by atoms with Gasteiger partial charge in [-0.1, -0.05) is 12.1 Å². The molecular formula is C11H14N2O. The van der Waals surface area contributed by atoms with Gasteiger partial charge in [0.25, 0.3) is 0 Å². The Balaban J connectivity index is 2.62. The quantitative estimate of drug-likeness (QED) is 0.789. The van der Waals surface area contributed by atoms with Crippen LogP contribution in [0.25, 0.3) is 0 Å². The van der Waals surface area contributed by atoms with Crippen molar-refractivity contribution < 1.29 is 4.74 Å². The first-order valence-electron chi connectivity index (χ1n) is 4.54. The van der Waals surface area contributed by atoms with E-state index in [0.717, 1.165) is 11.3 Å². The fraction of sp³-hybridized carbons (Fsp3) is 0.364. The summed E-state index contributed by atoms with van der Waals surface area (Å²) in [6, 6.07) is 9.65. The number of benzene rings is 1.